The van der Waals surface area contributed by atoms with E-state index in [0.29, 0.717) is 24.5 Å². The molecule has 0 unspecified atom stereocenters. The van der Waals surface area contributed by atoms with E-state index in [4.69, 9.17) is 14.9 Å². The van der Waals surface area contributed by atoms with Crippen LogP contribution in [0.3, 0.4) is 0 Å². The van der Waals surface area contributed by atoms with Crippen LogP contribution < -0.4 is 15.8 Å². The summed E-state index contributed by atoms with van der Waals surface area (Å²) < 4.78 is 10.6. The number of para-hydroxylation sites is 1. The second-order valence-corrected chi connectivity index (χ2v) is 4.28. The van der Waals surface area contributed by atoms with Crippen molar-refractivity contribution in [1.29, 1.82) is 0 Å². The summed E-state index contributed by atoms with van der Waals surface area (Å²) in [6, 6.07) is 11.2. The van der Waals surface area contributed by atoms with E-state index in [2.05, 4.69) is 5.32 Å². The molecule has 1 aromatic carbocycles. The maximum atomic E-state index is 11.8. The Balaban J connectivity index is 1.64. The molecule has 106 valence electrons. The average molecular weight is 274 g/mol. The number of nitrogens with two attached hydrogens (primary N) is 1. The second kappa shape index (κ2) is 7.35. The molecule has 0 fully saturated rings. The third-order valence-electron chi connectivity index (χ3n) is 2.74. The summed E-state index contributed by atoms with van der Waals surface area (Å²) in [5.74, 6) is 1.27. The van der Waals surface area contributed by atoms with E-state index in [1.165, 1.54) is 6.26 Å². The Bertz CT molecular complexity index is 537. The van der Waals surface area contributed by atoms with Crippen molar-refractivity contribution in [3.8, 4) is 5.75 Å². The number of amides is 1. The van der Waals surface area contributed by atoms with Crippen molar-refractivity contribution < 1.29 is 13.9 Å². The molecule has 20 heavy (non-hydrogen) atoms. The number of rotatable bonds is 7. The summed E-state index contributed by atoms with van der Waals surface area (Å²) in [5, 5.41) is 2.80. The smallest absolute Gasteiger partial charge is 0.254 e. The van der Waals surface area contributed by atoms with Crippen LogP contribution in [0.2, 0.25) is 0 Å². The van der Waals surface area contributed by atoms with Gasteiger partial charge in [-0.15, -0.1) is 0 Å². The lowest BCUT2D eigenvalue weighted by molar-refractivity contribution is 0.0951. The minimum absolute atomic E-state index is 0.159. The number of furan rings is 1. The highest BCUT2D eigenvalue weighted by Gasteiger charge is 2.08. The molecule has 2 rings (SSSR count). The fourth-order valence-electron chi connectivity index (χ4n) is 1.69. The maximum Gasteiger partial charge on any atom is 0.254 e. The van der Waals surface area contributed by atoms with Gasteiger partial charge in [-0.2, -0.15) is 0 Å². The van der Waals surface area contributed by atoms with Crippen molar-refractivity contribution in [2.45, 2.75) is 13.0 Å². The fraction of sp³-hybridized carbons (Fsp3) is 0.267. The average Bonchev–Trinajstić information content (AvgIpc) is 2.97. The second-order valence-electron chi connectivity index (χ2n) is 4.28. The van der Waals surface area contributed by atoms with Crippen molar-refractivity contribution in [1.82, 2.24) is 5.32 Å². The third-order valence-corrected chi connectivity index (χ3v) is 2.74. The molecular weight excluding hydrogens is 256 g/mol. The van der Waals surface area contributed by atoms with E-state index in [1.54, 1.807) is 6.07 Å². The number of hydrogen-bond donors (Lipinski definition) is 2. The zero-order valence-electron chi connectivity index (χ0n) is 11.2. The van der Waals surface area contributed by atoms with Crippen LogP contribution in [0, 0.1) is 0 Å². The van der Waals surface area contributed by atoms with Gasteiger partial charge in [-0.05, 0) is 24.6 Å². The lowest BCUT2D eigenvalue weighted by Crippen LogP contribution is -2.25. The van der Waals surface area contributed by atoms with Crippen LogP contribution in [-0.4, -0.2) is 19.1 Å². The molecule has 1 amide bonds. The lowest BCUT2D eigenvalue weighted by atomic mass is 10.3. The first kappa shape index (κ1) is 14.1. The SMILES string of the molecule is NCc1cc(C(=O)NCCCOc2ccccc2)co1. The zero-order valence-corrected chi connectivity index (χ0v) is 11.2. The van der Waals surface area contributed by atoms with E-state index in [-0.39, 0.29) is 12.5 Å². The molecule has 0 saturated heterocycles. The van der Waals surface area contributed by atoms with Crippen LogP contribution in [0.15, 0.2) is 47.1 Å². The molecule has 0 aliphatic heterocycles. The van der Waals surface area contributed by atoms with Crippen LogP contribution in [0.25, 0.3) is 0 Å². The fourth-order valence-corrected chi connectivity index (χ4v) is 1.69. The van der Waals surface area contributed by atoms with Crippen molar-refractivity contribution in [2.24, 2.45) is 5.73 Å². The molecule has 0 aliphatic carbocycles. The molecule has 0 radical (unpaired) electrons. The van der Waals surface area contributed by atoms with Crippen LogP contribution >= 0.6 is 0 Å². The third kappa shape index (κ3) is 4.13. The first-order valence-corrected chi connectivity index (χ1v) is 6.53. The molecule has 0 aliphatic rings. The highest BCUT2D eigenvalue weighted by atomic mass is 16.5. The number of hydrogen-bond acceptors (Lipinski definition) is 4. The van der Waals surface area contributed by atoms with Gasteiger partial charge in [-0.3, -0.25) is 4.79 Å². The van der Waals surface area contributed by atoms with Crippen LogP contribution in [-0.2, 0) is 6.54 Å². The zero-order chi connectivity index (χ0) is 14.2. The number of benzene rings is 1. The number of carbonyl (C=O) groups excluding carboxylic acids is 1. The van der Waals surface area contributed by atoms with Crippen molar-refractivity contribution in [3.05, 3.63) is 54.0 Å². The number of nitrogens with one attached hydrogen (secondary N) is 1. The standard InChI is InChI=1S/C15H18N2O3/c16-10-14-9-12(11-20-14)15(18)17-7-4-8-19-13-5-2-1-3-6-13/h1-3,5-6,9,11H,4,7-8,10,16H2,(H,17,18). The molecule has 1 heterocycles. The lowest BCUT2D eigenvalue weighted by Gasteiger charge is -2.06. The Morgan fingerprint density at radius 1 is 1.30 bits per heavy atom. The van der Waals surface area contributed by atoms with Gasteiger partial charge in [-0.25, -0.2) is 0 Å². The minimum Gasteiger partial charge on any atom is -0.494 e. The summed E-state index contributed by atoms with van der Waals surface area (Å²) in [7, 11) is 0. The van der Waals surface area contributed by atoms with Crippen LogP contribution in [0.4, 0.5) is 0 Å². The van der Waals surface area contributed by atoms with Gasteiger partial charge in [0.25, 0.3) is 5.91 Å². The normalized spacial score (nSPS) is 10.2. The van der Waals surface area contributed by atoms with Crippen LogP contribution in [0.5, 0.6) is 5.75 Å². The minimum atomic E-state index is -0.159. The number of ether oxygens (including phenoxy) is 1. The quantitative estimate of drug-likeness (QED) is 0.756. The first-order valence-electron chi connectivity index (χ1n) is 6.53. The van der Waals surface area contributed by atoms with Crippen molar-refractivity contribution >= 4 is 5.91 Å². The van der Waals surface area contributed by atoms with Gasteiger partial charge in [0.2, 0.25) is 0 Å². The monoisotopic (exact) mass is 274 g/mol. The summed E-state index contributed by atoms with van der Waals surface area (Å²) in [4.78, 5) is 11.8. The number of carbonyl (C=O) groups is 1. The van der Waals surface area contributed by atoms with E-state index < -0.39 is 0 Å². The van der Waals surface area contributed by atoms with E-state index in [9.17, 15) is 4.79 Å². The van der Waals surface area contributed by atoms with Crippen molar-refractivity contribution in [3.63, 3.8) is 0 Å². The summed E-state index contributed by atoms with van der Waals surface area (Å²) in [5.41, 5.74) is 5.91. The first-order chi connectivity index (χ1) is 9.79. The maximum absolute atomic E-state index is 11.8. The molecule has 2 aromatic rings. The molecule has 5 nitrogen and oxygen atoms in total. The Morgan fingerprint density at radius 3 is 2.80 bits per heavy atom. The molecule has 3 N–H and O–H groups in total. The highest BCUT2D eigenvalue weighted by Crippen LogP contribution is 2.08. The molecule has 0 bridgehead atoms. The summed E-state index contributed by atoms with van der Waals surface area (Å²) >= 11 is 0. The Morgan fingerprint density at radius 2 is 2.10 bits per heavy atom. The van der Waals surface area contributed by atoms with Gasteiger partial charge in [0.15, 0.2) is 0 Å². The van der Waals surface area contributed by atoms with Gasteiger partial charge in [0, 0.05) is 6.54 Å². The van der Waals surface area contributed by atoms with Gasteiger partial charge >= 0.3 is 0 Å². The Labute approximate surface area is 117 Å². The molecule has 0 atom stereocenters. The molecule has 0 saturated carbocycles. The largest absolute Gasteiger partial charge is 0.494 e. The topological polar surface area (TPSA) is 77.5 Å². The Hall–Kier alpha value is -2.27. The molecule has 0 spiro atoms. The summed E-state index contributed by atoms with van der Waals surface area (Å²) in [6.07, 6.45) is 2.15. The van der Waals surface area contributed by atoms with Gasteiger partial charge in [-0.1, -0.05) is 18.2 Å². The van der Waals surface area contributed by atoms with Gasteiger partial charge < -0.3 is 20.2 Å². The van der Waals surface area contributed by atoms with E-state index >= 15 is 0 Å². The van der Waals surface area contributed by atoms with Gasteiger partial charge in [0.05, 0.1) is 18.7 Å². The molecule has 5 heteroatoms. The predicted octanol–water partition coefficient (Wildman–Crippen LogP) is 1.94. The molecule has 1 aromatic heterocycles. The predicted molar refractivity (Wildman–Crippen MR) is 75.5 cm³/mol. The van der Waals surface area contributed by atoms with E-state index in [0.717, 1.165) is 12.2 Å². The Kier molecular flexibility index (Phi) is 5.20. The molecular formula is C15H18N2O3. The highest BCUT2D eigenvalue weighted by molar-refractivity contribution is 5.93. The summed E-state index contributed by atoms with van der Waals surface area (Å²) in [6.45, 7) is 1.40. The van der Waals surface area contributed by atoms with Crippen molar-refractivity contribution in [2.75, 3.05) is 13.2 Å². The van der Waals surface area contributed by atoms with Crippen LogP contribution in [0.1, 0.15) is 22.5 Å². The van der Waals surface area contributed by atoms with Gasteiger partial charge in [0.1, 0.15) is 17.8 Å². The van der Waals surface area contributed by atoms with E-state index in [1.807, 2.05) is 30.3 Å².